The maximum absolute atomic E-state index is 14.1. The van der Waals surface area contributed by atoms with Crippen molar-refractivity contribution >= 4 is 0 Å². The number of halogens is 1. The van der Waals surface area contributed by atoms with Crippen molar-refractivity contribution in [2.45, 2.75) is 26.2 Å². The highest BCUT2D eigenvalue weighted by Gasteiger charge is 2.16. The maximum atomic E-state index is 14.1. The second kappa shape index (κ2) is 6.45. The van der Waals surface area contributed by atoms with Crippen LogP contribution in [0.4, 0.5) is 4.39 Å². The fourth-order valence-corrected chi connectivity index (χ4v) is 1.55. The number of aliphatic hydroxyl groups excluding tert-OH is 1. The van der Waals surface area contributed by atoms with Gasteiger partial charge in [0.25, 0.3) is 0 Å². The van der Waals surface area contributed by atoms with Gasteiger partial charge in [-0.05, 0) is 24.0 Å². The molecule has 0 heterocycles. The first-order valence-corrected chi connectivity index (χ1v) is 5.75. The Bertz CT molecular complexity index is 366. The largest absolute Gasteiger partial charge is 0.497 e. The van der Waals surface area contributed by atoms with E-state index < -0.39 is 0 Å². The minimum Gasteiger partial charge on any atom is -0.497 e. The average Bonchev–Trinajstić information content (AvgIpc) is 2.36. The highest BCUT2D eigenvalue weighted by Crippen LogP contribution is 2.32. The van der Waals surface area contributed by atoms with Crippen LogP contribution in [0.2, 0.25) is 0 Å². The minimum atomic E-state index is -0.367. The molecule has 3 nitrogen and oxygen atoms in total. The number of ether oxygens (including phenoxy) is 2. The van der Waals surface area contributed by atoms with E-state index in [1.54, 1.807) is 6.07 Å². The Labute approximate surface area is 101 Å². The van der Waals surface area contributed by atoms with Crippen LogP contribution in [0.15, 0.2) is 12.1 Å². The van der Waals surface area contributed by atoms with Crippen LogP contribution in [-0.2, 0) is 0 Å². The number of rotatable bonds is 6. The summed E-state index contributed by atoms with van der Waals surface area (Å²) in [5, 5.41) is 8.69. The van der Waals surface area contributed by atoms with Crippen LogP contribution in [-0.4, -0.2) is 25.4 Å². The van der Waals surface area contributed by atoms with Gasteiger partial charge in [-0.1, -0.05) is 13.8 Å². The topological polar surface area (TPSA) is 38.7 Å². The molecule has 0 aliphatic rings. The zero-order valence-electron chi connectivity index (χ0n) is 10.5. The standard InChI is InChI=1S/C13H19FO3/c1-4-9(2)11-7-10(16-3)8-12(13(11)14)17-6-5-15/h7-9,15H,4-6H2,1-3H3. The summed E-state index contributed by atoms with van der Waals surface area (Å²) >= 11 is 0. The summed E-state index contributed by atoms with van der Waals surface area (Å²) in [6.45, 7) is 3.88. The third kappa shape index (κ3) is 3.33. The molecule has 1 aromatic carbocycles. The van der Waals surface area contributed by atoms with Crippen LogP contribution in [0.5, 0.6) is 11.5 Å². The summed E-state index contributed by atoms with van der Waals surface area (Å²) in [4.78, 5) is 0. The van der Waals surface area contributed by atoms with Crippen molar-refractivity contribution in [3.63, 3.8) is 0 Å². The predicted molar refractivity (Wildman–Crippen MR) is 64.2 cm³/mol. The second-order valence-corrected chi connectivity index (χ2v) is 3.91. The van der Waals surface area contributed by atoms with Gasteiger partial charge in [-0.25, -0.2) is 4.39 Å². The van der Waals surface area contributed by atoms with Crippen LogP contribution in [0.25, 0.3) is 0 Å². The summed E-state index contributed by atoms with van der Waals surface area (Å²) in [5.74, 6) is 0.429. The third-order valence-corrected chi connectivity index (χ3v) is 2.77. The van der Waals surface area contributed by atoms with Crippen molar-refractivity contribution < 1.29 is 19.0 Å². The molecule has 0 bridgehead atoms. The normalized spacial score (nSPS) is 12.3. The molecule has 4 heteroatoms. The number of methoxy groups -OCH3 is 1. The molecule has 1 N–H and O–H groups in total. The molecule has 0 radical (unpaired) electrons. The fourth-order valence-electron chi connectivity index (χ4n) is 1.55. The van der Waals surface area contributed by atoms with Gasteiger partial charge in [0.2, 0.25) is 0 Å². The molecule has 1 rings (SSSR count). The molecule has 96 valence electrons. The smallest absolute Gasteiger partial charge is 0.168 e. The van der Waals surface area contributed by atoms with Crippen molar-refractivity contribution in [1.82, 2.24) is 0 Å². The van der Waals surface area contributed by atoms with Crippen LogP contribution >= 0.6 is 0 Å². The molecule has 17 heavy (non-hydrogen) atoms. The highest BCUT2D eigenvalue weighted by molar-refractivity contribution is 5.41. The Kier molecular flexibility index (Phi) is 5.22. The highest BCUT2D eigenvalue weighted by atomic mass is 19.1. The second-order valence-electron chi connectivity index (χ2n) is 3.91. The Morgan fingerprint density at radius 1 is 1.41 bits per heavy atom. The monoisotopic (exact) mass is 242 g/mol. The summed E-state index contributed by atoms with van der Waals surface area (Å²) in [6.07, 6.45) is 0.837. The molecular weight excluding hydrogens is 223 g/mol. The molecule has 0 spiro atoms. The van der Waals surface area contributed by atoms with Gasteiger partial charge in [0.15, 0.2) is 11.6 Å². The van der Waals surface area contributed by atoms with E-state index >= 15 is 0 Å². The molecule has 1 unspecified atom stereocenters. The van der Waals surface area contributed by atoms with Gasteiger partial charge in [-0.2, -0.15) is 0 Å². The molecule has 1 aromatic rings. The van der Waals surface area contributed by atoms with E-state index in [9.17, 15) is 4.39 Å². The van der Waals surface area contributed by atoms with Gasteiger partial charge < -0.3 is 14.6 Å². The van der Waals surface area contributed by atoms with Crippen molar-refractivity contribution in [3.8, 4) is 11.5 Å². The Morgan fingerprint density at radius 3 is 2.65 bits per heavy atom. The van der Waals surface area contributed by atoms with Crippen molar-refractivity contribution in [3.05, 3.63) is 23.5 Å². The van der Waals surface area contributed by atoms with E-state index in [2.05, 4.69) is 0 Å². The number of aliphatic hydroxyl groups is 1. The van der Waals surface area contributed by atoms with Gasteiger partial charge in [0.05, 0.1) is 13.7 Å². The van der Waals surface area contributed by atoms with Crippen molar-refractivity contribution in [2.75, 3.05) is 20.3 Å². The van der Waals surface area contributed by atoms with Gasteiger partial charge in [-0.15, -0.1) is 0 Å². The lowest BCUT2D eigenvalue weighted by molar-refractivity contribution is 0.195. The third-order valence-electron chi connectivity index (χ3n) is 2.77. The molecule has 0 aliphatic heterocycles. The summed E-state index contributed by atoms with van der Waals surface area (Å²) in [7, 11) is 1.53. The van der Waals surface area contributed by atoms with Gasteiger partial charge in [-0.3, -0.25) is 0 Å². The van der Waals surface area contributed by atoms with E-state index in [4.69, 9.17) is 14.6 Å². The molecule has 0 saturated carbocycles. The van der Waals surface area contributed by atoms with E-state index in [1.807, 2.05) is 13.8 Å². The first-order valence-electron chi connectivity index (χ1n) is 5.75. The zero-order valence-corrected chi connectivity index (χ0v) is 10.5. The number of hydrogen-bond donors (Lipinski definition) is 1. The minimum absolute atomic E-state index is 0.0734. The summed E-state index contributed by atoms with van der Waals surface area (Å²) < 4.78 is 24.4. The molecule has 0 aliphatic carbocycles. The summed E-state index contributed by atoms with van der Waals surface area (Å²) in [6, 6.07) is 3.19. The lowest BCUT2D eigenvalue weighted by atomic mass is 9.97. The number of hydrogen-bond acceptors (Lipinski definition) is 3. The van der Waals surface area contributed by atoms with Crippen LogP contribution < -0.4 is 9.47 Å². The molecule has 1 atom stereocenters. The van der Waals surface area contributed by atoms with Crippen LogP contribution in [0.3, 0.4) is 0 Å². The Balaban J connectivity index is 3.11. The van der Waals surface area contributed by atoms with Crippen molar-refractivity contribution in [2.24, 2.45) is 0 Å². The fraction of sp³-hybridized carbons (Fsp3) is 0.538. The first-order chi connectivity index (χ1) is 8.13. The molecule has 0 saturated heterocycles. The molecule has 0 aromatic heterocycles. The molecule has 0 fully saturated rings. The Hall–Kier alpha value is -1.29. The average molecular weight is 242 g/mol. The quantitative estimate of drug-likeness (QED) is 0.833. The van der Waals surface area contributed by atoms with Crippen LogP contribution in [0.1, 0.15) is 31.7 Å². The van der Waals surface area contributed by atoms with Gasteiger partial charge in [0.1, 0.15) is 12.4 Å². The SMILES string of the molecule is CCC(C)c1cc(OC)cc(OCCO)c1F. The van der Waals surface area contributed by atoms with Gasteiger partial charge in [0, 0.05) is 6.07 Å². The van der Waals surface area contributed by atoms with Gasteiger partial charge >= 0.3 is 0 Å². The first kappa shape index (κ1) is 13.8. The van der Waals surface area contributed by atoms with E-state index in [-0.39, 0.29) is 30.7 Å². The predicted octanol–water partition coefficient (Wildman–Crippen LogP) is 2.72. The number of benzene rings is 1. The Morgan fingerprint density at radius 2 is 2.12 bits per heavy atom. The lowest BCUT2D eigenvalue weighted by Crippen LogP contribution is -2.06. The van der Waals surface area contributed by atoms with Crippen LogP contribution in [0, 0.1) is 5.82 Å². The maximum Gasteiger partial charge on any atom is 0.168 e. The summed E-state index contributed by atoms with van der Waals surface area (Å²) in [5.41, 5.74) is 0.583. The van der Waals surface area contributed by atoms with Crippen molar-refractivity contribution in [1.29, 1.82) is 0 Å². The zero-order chi connectivity index (χ0) is 12.8. The van der Waals surface area contributed by atoms with E-state index in [0.717, 1.165) is 6.42 Å². The van der Waals surface area contributed by atoms with E-state index in [1.165, 1.54) is 13.2 Å². The molecular formula is C13H19FO3. The molecule has 0 amide bonds. The lowest BCUT2D eigenvalue weighted by Gasteiger charge is -2.15. The van der Waals surface area contributed by atoms with E-state index in [0.29, 0.717) is 11.3 Å².